The number of hydrogen-bond donors (Lipinski definition) is 1. The molecule has 112 valence electrons. The van der Waals surface area contributed by atoms with Gasteiger partial charge < -0.3 is 10.1 Å². The minimum Gasteiger partial charge on any atom is -0.373 e. The van der Waals surface area contributed by atoms with Gasteiger partial charge in [-0.2, -0.15) is 11.8 Å². The van der Waals surface area contributed by atoms with Crippen LogP contribution >= 0.6 is 11.8 Å². The average Bonchev–Trinajstić information content (AvgIpc) is 2.45. The van der Waals surface area contributed by atoms with Crippen molar-refractivity contribution in [3.8, 4) is 0 Å². The van der Waals surface area contributed by atoms with Crippen molar-refractivity contribution in [3.63, 3.8) is 0 Å². The van der Waals surface area contributed by atoms with E-state index < -0.39 is 0 Å². The van der Waals surface area contributed by atoms with Crippen molar-refractivity contribution >= 4 is 11.8 Å². The summed E-state index contributed by atoms with van der Waals surface area (Å²) >= 11 is 2.03. The van der Waals surface area contributed by atoms with Crippen LogP contribution in [0.2, 0.25) is 0 Å². The summed E-state index contributed by atoms with van der Waals surface area (Å²) in [6, 6.07) is 9.28. The van der Waals surface area contributed by atoms with Crippen LogP contribution in [-0.2, 0) is 11.2 Å². The molecular formula is C17H27NOS. The Morgan fingerprint density at radius 2 is 2.15 bits per heavy atom. The molecule has 0 aliphatic carbocycles. The quantitative estimate of drug-likeness (QED) is 0.826. The van der Waals surface area contributed by atoms with Crippen molar-refractivity contribution in [2.24, 2.45) is 0 Å². The molecule has 2 unspecified atom stereocenters. The van der Waals surface area contributed by atoms with E-state index in [0.29, 0.717) is 11.3 Å². The average molecular weight is 293 g/mol. The van der Waals surface area contributed by atoms with E-state index >= 15 is 0 Å². The highest BCUT2D eigenvalue weighted by Gasteiger charge is 2.23. The second-order valence-corrected chi connectivity index (χ2v) is 7.29. The summed E-state index contributed by atoms with van der Waals surface area (Å²) in [7, 11) is 0. The molecule has 1 aromatic carbocycles. The molecule has 0 amide bonds. The predicted octanol–water partition coefficient (Wildman–Crippen LogP) is 3.81. The summed E-state index contributed by atoms with van der Waals surface area (Å²) in [5.41, 5.74) is 2.87. The van der Waals surface area contributed by atoms with Crippen molar-refractivity contribution in [2.75, 3.05) is 18.9 Å². The zero-order valence-electron chi connectivity index (χ0n) is 12.9. The van der Waals surface area contributed by atoms with Crippen molar-refractivity contribution in [2.45, 2.75) is 51.0 Å². The Bertz CT molecular complexity index is 408. The first-order valence-electron chi connectivity index (χ1n) is 7.75. The van der Waals surface area contributed by atoms with Crippen LogP contribution in [0.5, 0.6) is 0 Å². The van der Waals surface area contributed by atoms with Gasteiger partial charge in [0.15, 0.2) is 0 Å². The van der Waals surface area contributed by atoms with Gasteiger partial charge in [0.05, 0.1) is 12.7 Å². The van der Waals surface area contributed by atoms with E-state index in [4.69, 9.17) is 4.74 Å². The fourth-order valence-electron chi connectivity index (χ4n) is 2.74. The molecule has 0 saturated heterocycles. The van der Waals surface area contributed by atoms with E-state index in [2.05, 4.69) is 50.4 Å². The predicted molar refractivity (Wildman–Crippen MR) is 88.5 cm³/mol. The highest BCUT2D eigenvalue weighted by Crippen LogP contribution is 2.31. The van der Waals surface area contributed by atoms with Gasteiger partial charge in [-0.1, -0.05) is 45.0 Å². The molecule has 1 aliphatic heterocycles. The first-order chi connectivity index (χ1) is 9.70. The van der Waals surface area contributed by atoms with Crippen molar-refractivity contribution in [1.82, 2.24) is 5.32 Å². The maximum Gasteiger partial charge on any atom is 0.0842 e. The fourth-order valence-corrected chi connectivity index (χ4v) is 3.61. The van der Waals surface area contributed by atoms with Crippen LogP contribution < -0.4 is 5.32 Å². The van der Waals surface area contributed by atoms with Gasteiger partial charge in [-0.25, -0.2) is 0 Å². The molecule has 2 nitrogen and oxygen atoms in total. The van der Waals surface area contributed by atoms with E-state index in [1.165, 1.54) is 11.1 Å². The Balaban J connectivity index is 2.00. The first-order valence-corrected chi connectivity index (χ1v) is 8.80. The summed E-state index contributed by atoms with van der Waals surface area (Å²) in [6.45, 7) is 8.60. The first kappa shape index (κ1) is 15.9. The third-order valence-corrected chi connectivity index (χ3v) is 4.98. The molecule has 0 fully saturated rings. The molecule has 1 N–H and O–H groups in total. The normalized spacial score (nSPS) is 19.9. The molecule has 0 aromatic heterocycles. The van der Waals surface area contributed by atoms with Crippen molar-refractivity contribution in [1.29, 1.82) is 0 Å². The lowest BCUT2D eigenvalue weighted by Gasteiger charge is -2.30. The van der Waals surface area contributed by atoms with Gasteiger partial charge in [0.1, 0.15) is 0 Å². The fraction of sp³-hybridized carbons (Fsp3) is 0.647. The van der Waals surface area contributed by atoms with Gasteiger partial charge in [0.25, 0.3) is 0 Å². The largest absolute Gasteiger partial charge is 0.373 e. The number of fused-ring (bicyclic) bond motifs is 1. The monoisotopic (exact) mass is 293 g/mol. The number of ether oxygens (including phenoxy) is 1. The van der Waals surface area contributed by atoms with Gasteiger partial charge in [-0.3, -0.25) is 0 Å². The molecule has 1 aromatic rings. The number of thioether (sulfide) groups is 1. The SMILES string of the molecule is CCNC(CSC(C)C)CC1OCCc2ccccc21. The van der Waals surface area contributed by atoms with Crippen molar-refractivity contribution < 1.29 is 4.74 Å². The van der Waals surface area contributed by atoms with Gasteiger partial charge in [-0.15, -0.1) is 0 Å². The third-order valence-electron chi connectivity index (χ3n) is 3.71. The number of nitrogens with one attached hydrogen (secondary N) is 1. The van der Waals surface area contributed by atoms with E-state index in [0.717, 1.165) is 31.7 Å². The Morgan fingerprint density at radius 1 is 1.35 bits per heavy atom. The molecule has 0 spiro atoms. The second-order valence-electron chi connectivity index (χ2n) is 5.68. The smallest absolute Gasteiger partial charge is 0.0842 e. The van der Waals surface area contributed by atoms with E-state index in [1.807, 2.05) is 11.8 Å². The summed E-state index contributed by atoms with van der Waals surface area (Å²) in [6.07, 6.45) is 2.39. The van der Waals surface area contributed by atoms with Gasteiger partial charge in [0.2, 0.25) is 0 Å². The van der Waals surface area contributed by atoms with Crippen LogP contribution in [0.4, 0.5) is 0 Å². The Kier molecular flexibility index (Phi) is 6.40. The Labute approximate surface area is 127 Å². The molecule has 2 atom stereocenters. The van der Waals surface area contributed by atoms with Crippen LogP contribution in [0, 0.1) is 0 Å². The number of hydrogen-bond acceptors (Lipinski definition) is 3. The highest BCUT2D eigenvalue weighted by molar-refractivity contribution is 7.99. The molecule has 1 aliphatic rings. The van der Waals surface area contributed by atoms with E-state index in [9.17, 15) is 0 Å². The standard InChI is InChI=1S/C17H27NOS/c1-4-18-15(12-20-13(2)3)11-17-16-8-6-5-7-14(16)9-10-19-17/h5-8,13,15,17-18H,4,9-12H2,1-3H3. The summed E-state index contributed by atoms with van der Waals surface area (Å²) < 4.78 is 6.04. The molecule has 0 radical (unpaired) electrons. The highest BCUT2D eigenvalue weighted by atomic mass is 32.2. The number of benzene rings is 1. The summed E-state index contributed by atoms with van der Waals surface area (Å²) in [5.74, 6) is 1.16. The topological polar surface area (TPSA) is 21.3 Å². The second kappa shape index (κ2) is 8.06. The lowest BCUT2D eigenvalue weighted by Crippen LogP contribution is -2.34. The Hall–Kier alpha value is -0.510. The van der Waals surface area contributed by atoms with Crippen LogP contribution in [0.25, 0.3) is 0 Å². The van der Waals surface area contributed by atoms with Crippen LogP contribution in [-0.4, -0.2) is 30.2 Å². The molecule has 2 rings (SSSR count). The van der Waals surface area contributed by atoms with Crippen LogP contribution in [0.3, 0.4) is 0 Å². The molecule has 0 bridgehead atoms. The third kappa shape index (κ3) is 4.51. The summed E-state index contributed by atoms with van der Waals surface area (Å²) in [5, 5.41) is 4.31. The summed E-state index contributed by atoms with van der Waals surface area (Å²) in [4.78, 5) is 0. The number of rotatable bonds is 7. The zero-order chi connectivity index (χ0) is 14.4. The van der Waals surface area contributed by atoms with E-state index in [1.54, 1.807) is 0 Å². The maximum atomic E-state index is 6.04. The van der Waals surface area contributed by atoms with Crippen molar-refractivity contribution in [3.05, 3.63) is 35.4 Å². The minimum absolute atomic E-state index is 0.261. The molecule has 0 saturated carbocycles. The molecule has 20 heavy (non-hydrogen) atoms. The Morgan fingerprint density at radius 3 is 2.90 bits per heavy atom. The molecule has 1 heterocycles. The zero-order valence-corrected chi connectivity index (χ0v) is 13.7. The lowest BCUT2D eigenvalue weighted by molar-refractivity contribution is 0.0312. The minimum atomic E-state index is 0.261. The van der Waals surface area contributed by atoms with Gasteiger partial charge in [0, 0.05) is 11.8 Å². The molecule has 3 heteroatoms. The van der Waals surface area contributed by atoms with Crippen LogP contribution in [0.1, 0.15) is 44.4 Å². The van der Waals surface area contributed by atoms with Crippen LogP contribution in [0.15, 0.2) is 24.3 Å². The van der Waals surface area contributed by atoms with Gasteiger partial charge >= 0.3 is 0 Å². The molecular weight excluding hydrogens is 266 g/mol. The van der Waals surface area contributed by atoms with Gasteiger partial charge in [-0.05, 0) is 35.8 Å². The van der Waals surface area contributed by atoms with E-state index in [-0.39, 0.29) is 6.10 Å². The lowest BCUT2D eigenvalue weighted by atomic mass is 9.94. The maximum absolute atomic E-state index is 6.04.